The number of carbonyl (C=O) groups excluding carboxylic acids is 1. The molecule has 6 nitrogen and oxygen atoms in total. The molecular formula is C18H21N3O3S. The number of hydrogen-bond acceptors (Lipinski definition) is 5. The van der Waals surface area contributed by atoms with Gasteiger partial charge in [0, 0.05) is 35.3 Å². The minimum atomic E-state index is -0.439. The third-order valence-corrected chi connectivity index (χ3v) is 4.61. The molecule has 2 unspecified atom stereocenters. The average molecular weight is 359 g/mol. The molecule has 132 valence electrons. The molecule has 0 bridgehead atoms. The Morgan fingerprint density at radius 2 is 1.76 bits per heavy atom. The lowest BCUT2D eigenvalue weighted by atomic mass is 10.2. The second kappa shape index (κ2) is 9.08. The lowest BCUT2D eigenvalue weighted by Crippen LogP contribution is -2.38. The van der Waals surface area contributed by atoms with Crippen LogP contribution >= 0.6 is 11.8 Å². The molecule has 2 atom stereocenters. The lowest BCUT2D eigenvalue weighted by molar-refractivity contribution is -0.384. The molecule has 25 heavy (non-hydrogen) atoms. The molecule has 0 saturated heterocycles. The highest BCUT2D eigenvalue weighted by Crippen LogP contribution is 2.25. The van der Waals surface area contributed by atoms with Crippen LogP contribution in [0.3, 0.4) is 0 Å². The van der Waals surface area contributed by atoms with Gasteiger partial charge in [-0.25, -0.2) is 0 Å². The van der Waals surface area contributed by atoms with Crippen molar-refractivity contribution in [1.29, 1.82) is 0 Å². The van der Waals surface area contributed by atoms with Crippen molar-refractivity contribution in [2.75, 3.05) is 11.9 Å². The highest BCUT2D eigenvalue weighted by Gasteiger charge is 2.15. The molecule has 7 heteroatoms. The van der Waals surface area contributed by atoms with E-state index in [9.17, 15) is 14.9 Å². The van der Waals surface area contributed by atoms with E-state index in [1.807, 2.05) is 44.2 Å². The van der Waals surface area contributed by atoms with Crippen molar-refractivity contribution in [1.82, 2.24) is 5.32 Å². The van der Waals surface area contributed by atoms with Gasteiger partial charge in [0.05, 0.1) is 10.2 Å². The zero-order valence-electron chi connectivity index (χ0n) is 14.1. The molecule has 1 amide bonds. The lowest BCUT2D eigenvalue weighted by Gasteiger charge is -2.18. The number of hydrogen-bond donors (Lipinski definition) is 2. The first-order chi connectivity index (χ1) is 12.0. The molecule has 0 heterocycles. The first-order valence-electron chi connectivity index (χ1n) is 7.96. The summed E-state index contributed by atoms with van der Waals surface area (Å²) in [5.41, 5.74) is 1.06. The number of nitro groups is 1. The summed E-state index contributed by atoms with van der Waals surface area (Å²) in [5, 5.41) is 16.6. The van der Waals surface area contributed by atoms with E-state index in [-0.39, 0.29) is 22.9 Å². The predicted molar refractivity (Wildman–Crippen MR) is 101 cm³/mol. The van der Waals surface area contributed by atoms with Crippen molar-refractivity contribution < 1.29 is 9.72 Å². The van der Waals surface area contributed by atoms with Gasteiger partial charge in [0.25, 0.3) is 5.69 Å². The van der Waals surface area contributed by atoms with Crippen LogP contribution in [0.15, 0.2) is 59.5 Å². The van der Waals surface area contributed by atoms with Crippen LogP contribution in [0.4, 0.5) is 11.4 Å². The molecule has 2 aromatic carbocycles. The van der Waals surface area contributed by atoms with Crippen molar-refractivity contribution in [3.05, 3.63) is 64.7 Å². The van der Waals surface area contributed by atoms with E-state index in [2.05, 4.69) is 10.6 Å². The van der Waals surface area contributed by atoms with E-state index >= 15 is 0 Å². The standard InChI is InChI=1S/C18H21N3O3S/c1-13(20-15-6-4-3-5-7-15)12-19-18(22)14(2)25-17-10-8-16(9-11-17)21(23)24/h3-11,13-14,20H,12H2,1-2H3,(H,19,22). The number of nitrogens with one attached hydrogen (secondary N) is 2. The highest BCUT2D eigenvalue weighted by molar-refractivity contribution is 8.00. The van der Waals surface area contributed by atoms with Gasteiger partial charge < -0.3 is 10.6 Å². The molecule has 0 fully saturated rings. The second-order valence-electron chi connectivity index (χ2n) is 5.67. The molecule has 2 N–H and O–H groups in total. The number of nitrogens with zero attached hydrogens (tertiary/aromatic N) is 1. The normalized spacial score (nSPS) is 12.9. The Kier molecular flexibility index (Phi) is 6.82. The van der Waals surface area contributed by atoms with Crippen LogP contribution in [0.25, 0.3) is 0 Å². The van der Waals surface area contributed by atoms with Crippen molar-refractivity contribution in [3.8, 4) is 0 Å². The minimum absolute atomic E-state index is 0.0438. The Balaban J connectivity index is 1.78. The maximum Gasteiger partial charge on any atom is 0.269 e. The first-order valence-corrected chi connectivity index (χ1v) is 8.84. The minimum Gasteiger partial charge on any atom is -0.381 e. The van der Waals surface area contributed by atoms with Gasteiger partial charge in [-0.15, -0.1) is 11.8 Å². The zero-order chi connectivity index (χ0) is 18.2. The van der Waals surface area contributed by atoms with Gasteiger partial charge in [0.15, 0.2) is 0 Å². The number of non-ortho nitro benzene ring substituents is 1. The Labute approximate surface area is 151 Å². The largest absolute Gasteiger partial charge is 0.381 e. The van der Waals surface area contributed by atoms with Crippen molar-refractivity contribution in [2.24, 2.45) is 0 Å². The molecule has 0 aromatic heterocycles. The number of nitro benzene ring substituents is 1. The van der Waals surface area contributed by atoms with E-state index in [0.717, 1.165) is 10.6 Å². The summed E-state index contributed by atoms with van der Waals surface area (Å²) in [6.45, 7) is 4.33. The summed E-state index contributed by atoms with van der Waals surface area (Å²) >= 11 is 1.37. The Bertz CT molecular complexity index is 707. The summed E-state index contributed by atoms with van der Waals surface area (Å²) in [6, 6.07) is 16.1. The molecule has 0 aliphatic carbocycles. The molecule has 2 aromatic rings. The van der Waals surface area contributed by atoms with E-state index in [0.29, 0.717) is 6.54 Å². The number of para-hydroxylation sites is 1. The second-order valence-corrected chi connectivity index (χ2v) is 7.08. The summed E-state index contributed by atoms with van der Waals surface area (Å²) in [6.07, 6.45) is 0. The third-order valence-electron chi connectivity index (χ3n) is 3.50. The van der Waals surface area contributed by atoms with E-state index < -0.39 is 4.92 Å². The van der Waals surface area contributed by atoms with Crippen LogP contribution in [0, 0.1) is 10.1 Å². The number of benzene rings is 2. The van der Waals surface area contributed by atoms with E-state index in [4.69, 9.17) is 0 Å². The number of amides is 1. The van der Waals surface area contributed by atoms with Crippen LogP contribution in [0.5, 0.6) is 0 Å². The fourth-order valence-electron chi connectivity index (χ4n) is 2.17. The molecule has 0 radical (unpaired) electrons. The van der Waals surface area contributed by atoms with Crippen molar-refractivity contribution >= 4 is 29.0 Å². The van der Waals surface area contributed by atoms with Crippen LogP contribution < -0.4 is 10.6 Å². The summed E-state index contributed by atoms with van der Waals surface area (Å²) in [7, 11) is 0. The monoisotopic (exact) mass is 359 g/mol. The van der Waals surface area contributed by atoms with E-state index in [1.165, 1.54) is 23.9 Å². The smallest absolute Gasteiger partial charge is 0.269 e. The van der Waals surface area contributed by atoms with Crippen molar-refractivity contribution in [2.45, 2.75) is 30.0 Å². The number of anilines is 1. The Hall–Kier alpha value is -2.54. The molecule has 0 saturated carbocycles. The zero-order valence-corrected chi connectivity index (χ0v) is 15.0. The molecule has 2 rings (SSSR count). The number of rotatable bonds is 8. The quantitative estimate of drug-likeness (QED) is 0.427. The van der Waals surface area contributed by atoms with Crippen molar-refractivity contribution in [3.63, 3.8) is 0 Å². The summed E-state index contributed by atoms with van der Waals surface area (Å²) in [5.74, 6) is -0.0648. The number of thioether (sulfide) groups is 1. The van der Waals surface area contributed by atoms with Gasteiger partial charge in [-0.3, -0.25) is 14.9 Å². The van der Waals surface area contributed by atoms with Gasteiger partial charge in [0.1, 0.15) is 0 Å². The fourth-order valence-corrected chi connectivity index (χ4v) is 3.06. The van der Waals surface area contributed by atoms with Gasteiger partial charge in [-0.1, -0.05) is 18.2 Å². The predicted octanol–water partition coefficient (Wildman–Crippen LogP) is 3.69. The maximum atomic E-state index is 12.2. The Morgan fingerprint density at radius 1 is 1.12 bits per heavy atom. The summed E-state index contributed by atoms with van der Waals surface area (Å²) in [4.78, 5) is 23.2. The molecule has 0 aliphatic rings. The average Bonchev–Trinajstić information content (AvgIpc) is 2.61. The van der Waals surface area contributed by atoms with Gasteiger partial charge >= 0.3 is 0 Å². The SMILES string of the molecule is CC(CNC(=O)C(C)Sc1ccc([N+](=O)[O-])cc1)Nc1ccccc1. The molecular weight excluding hydrogens is 338 g/mol. The van der Waals surface area contributed by atoms with Gasteiger partial charge in [0.2, 0.25) is 5.91 Å². The Morgan fingerprint density at radius 3 is 2.36 bits per heavy atom. The van der Waals surface area contributed by atoms with E-state index in [1.54, 1.807) is 12.1 Å². The van der Waals surface area contributed by atoms with Crippen LogP contribution in [0.1, 0.15) is 13.8 Å². The van der Waals surface area contributed by atoms with Gasteiger partial charge in [-0.05, 0) is 38.1 Å². The maximum absolute atomic E-state index is 12.2. The molecule has 0 aliphatic heterocycles. The third kappa shape index (κ3) is 6.11. The highest BCUT2D eigenvalue weighted by atomic mass is 32.2. The van der Waals surface area contributed by atoms with Crippen LogP contribution in [0.2, 0.25) is 0 Å². The number of carbonyl (C=O) groups is 1. The molecule has 0 spiro atoms. The van der Waals surface area contributed by atoms with Gasteiger partial charge in [-0.2, -0.15) is 0 Å². The summed E-state index contributed by atoms with van der Waals surface area (Å²) < 4.78 is 0. The van der Waals surface area contributed by atoms with Crippen LogP contribution in [-0.4, -0.2) is 28.7 Å². The fraction of sp³-hybridized carbons (Fsp3) is 0.278. The first kappa shape index (κ1) is 18.8. The van der Waals surface area contributed by atoms with Crippen LogP contribution in [-0.2, 0) is 4.79 Å². The topological polar surface area (TPSA) is 84.3 Å².